The Balaban J connectivity index is 2.29. The number of halogens is 1. The van der Waals surface area contributed by atoms with E-state index in [-0.39, 0.29) is 0 Å². The van der Waals surface area contributed by atoms with Crippen molar-refractivity contribution in [2.24, 2.45) is 5.73 Å². The van der Waals surface area contributed by atoms with Crippen LogP contribution >= 0.6 is 23.4 Å². The van der Waals surface area contributed by atoms with Crippen LogP contribution in [0.15, 0.2) is 29.2 Å². The van der Waals surface area contributed by atoms with E-state index in [1.54, 1.807) is 11.8 Å². The Morgan fingerprint density at radius 3 is 2.59 bits per heavy atom. The highest BCUT2D eigenvalue weighted by atomic mass is 35.5. The highest BCUT2D eigenvalue weighted by Crippen LogP contribution is 2.23. The number of rotatable bonds is 6. The SMILES string of the molecule is CCC(N)(C#N)CCCSc1ccc(Cl)cc1. The Kier molecular flexibility index (Phi) is 5.84. The Bertz CT molecular complexity index is 385. The molecule has 0 aliphatic rings. The zero-order valence-electron chi connectivity index (χ0n) is 9.95. The van der Waals surface area contributed by atoms with Gasteiger partial charge in [-0.3, -0.25) is 0 Å². The average molecular weight is 269 g/mol. The van der Waals surface area contributed by atoms with E-state index >= 15 is 0 Å². The van der Waals surface area contributed by atoms with Crippen molar-refractivity contribution < 1.29 is 0 Å². The summed E-state index contributed by atoms with van der Waals surface area (Å²) in [5.74, 6) is 0.974. The lowest BCUT2D eigenvalue weighted by atomic mass is 9.94. The molecule has 0 bridgehead atoms. The second kappa shape index (κ2) is 6.90. The number of nitrogens with two attached hydrogens (primary N) is 1. The largest absolute Gasteiger partial charge is 0.313 e. The second-order valence-electron chi connectivity index (χ2n) is 4.03. The molecule has 0 spiro atoms. The maximum absolute atomic E-state index is 8.94. The smallest absolute Gasteiger partial charge is 0.104 e. The van der Waals surface area contributed by atoms with Gasteiger partial charge in [-0.05, 0) is 49.3 Å². The zero-order chi connectivity index (χ0) is 12.7. The normalized spacial score (nSPS) is 14.0. The van der Waals surface area contributed by atoms with Gasteiger partial charge in [0.25, 0.3) is 0 Å². The summed E-state index contributed by atoms with van der Waals surface area (Å²) in [5, 5.41) is 9.69. The van der Waals surface area contributed by atoms with E-state index in [9.17, 15) is 0 Å². The third kappa shape index (κ3) is 4.99. The quantitative estimate of drug-likeness (QED) is 0.630. The van der Waals surface area contributed by atoms with Crippen LogP contribution in [0.1, 0.15) is 26.2 Å². The monoisotopic (exact) mass is 268 g/mol. The van der Waals surface area contributed by atoms with Gasteiger partial charge in [-0.25, -0.2) is 0 Å². The lowest BCUT2D eigenvalue weighted by Crippen LogP contribution is -2.37. The van der Waals surface area contributed by atoms with Crippen LogP contribution in [0, 0.1) is 11.3 Å². The minimum Gasteiger partial charge on any atom is -0.313 e. The summed E-state index contributed by atoms with van der Waals surface area (Å²) < 4.78 is 0. The van der Waals surface area contributed by atoms with E-state index in [1.807, 2.05) is 31.2 Å². The van der Waals surface area contributed by atoms with Crippen molar-refractivity contribution in [1.29, 1.82) is 5.26 Å². The molecule has 0 aliphatic heterocycles. The fraction of sp³-hybridized carbons (Fsp3) is 0.462. The minimum atomic E-state index is -0.652. The third-order valence-corrected chi connectivity index (χ3v) is 4.05. The molecule has 0 radical (unpaired) electrons. The van der Waals surface area contributed by atoms with E-state index in [0.717, 1.165) is 23.6 Å². The molecule has 2 nitrogen and oxygen atoms in total. The summed E-state index contributed by atoms with van der Waals surface area (Å²) in [7, 11) is 0. The van der Waals surface area contributed by atoms with Crippen LogP contribution in [0.4, 0.5) is 0 Å². The first kappa shape index (κ1) is 14.4. The molecule has 17 heavy (non-hydrogen) atoms. The van der Waals surface area contributed by atoms with E-state index in [2.05, 4.69) is 6.07 Å². The molecule has 92 valence electrons. The standard InChI is InChI=1S/C13H17ClN2S/c1-2-13(16,10-15)8-3-9-17-12-6-4-11(14)5-7-12/h4-7H,2-3,8-9,16H2,1H3. The van der Waals surface area contributed by atoms with Crippen molar-refractivity contribution in [2.45, 2.75) is 36.6 Å². The molecule has 0 saturated carbocycles. The highest BCUT2D eigenvalue weighted by molar-refractivity contribution is 7.99. The molecule has 1 rings (SSSR count). The van der Waals surface area contributed by atoms with E-state index in [4.69, 9.17) is 22.6 Å². The molecule has 2 N–H and O–H groups in total. The number of nitrogens with zero attached hydrogens (tertiary/aromatic N) is 1. The van der Waals surface area contributed by atoms with Gasteiger partial charge in [0.05, 0.1) is 6.07 Å². The van der Waals surface area contributed by atoms with E-state index in [0.29, 0.717) is 6.42 Å². The predicted octanol–water partition coefficient (Wildman–Crippen LogP) is 3.84. The number of thioether (sulfide) groups is 1. The van der Waals surface area contributed by atoms with Gasteiger partial charge < -0.3 is 5.73 Å². The molecule has 0 fully saturated rings. The summed E-state index contributed by atoms with van der Waals surface area (Å²) in [6.45, 7) is 1.95. The second-order valence-corrected chi connectivity index (χ2v) is 5.63. The average Bonchev–Trinajstić information content (AvgIpc) is 2.36. The van der Waals surface area contributed by atoms with Crippen LogP contribution < -0.4 is 5.73 Å². The topological polar surface area (TPSA) is 49.8 Å². The van der Waals surface area contributed by atoms with Gasteiger partial charge in [0.2, 0.25) is 0 Å². The van der Waals surface area contributed by atoms with Gasteiger partial charge in [-0.1, -0.05) is 18.5 Å². The molecule has 4 heteroatoms. The van der Waals surface area contributed by atoms with Crippen LogP contribution in [0.5, 0.6) is 0 Å². The maximum atomic E-state index is 8.94. The minimum absolute atomic E-state index is 0.652. The van der Waals surface area contributed by atoms with Crippen molar-refractivity contribution in [1.82, 2.24) is 0 Å². The summed E-state index contributed by atoms with van der Waals surface area (Å²) in [5.41, 5.74) is 5.26. The Morgan fingerprint density at radius 2 is 2.06 bits per heavy atom. The lowest BCUT2D eigenvalue weighted by Gasteiger charge is -2.18. The molecular formula is C13H17ClN2S. The molecule has 0 heterocycles. The van der Waals surface area contributed by atoms with Gasteiger partial charge in [0, 0.05) is 9.92 Å². The fourth-order valence-electron chi connectivity index (χ4n) is 1.42. The molecular weight excluding hydrogens is 252 g/mol. The first-order chi connectivity index (χ1) is 8.09. The van der Waals surface area contributed by atoms with Gasteiger partial charge in [0.15, 0.2) is 0 Å². The summed E-state index contributed by atoms with van der Waals surface area (Å²) >= 11 is 7.58. The van der Waals surface area contributed by atoms with Gasteiger partial charge >= 0.3 is 0 Å². The van der Waals surface area contributed by atoms with E-state index < -0.39 is 5.54 Å². The molecule has 1 aromatic carbocycles. The number of hydrogen-bond donors (Lipinski definition) is 1. The van der Waals surface area contributed by atoms with Crippen LogP contribution in [-0.4, -0.2) is 11.3 Å². The first-order valence-corrected chi connectivity index (χ1v) is 7.04. The van der Waals surface area contributed by atoms with Crippen molar-refractivity contribution in [3.05, 3.63) is 29.3 Å². The predicted molar refractivity (Wildman–Crippen MR) is 74.2 cm³/mol. The number of benzene rings is 1. The Morgan fingerprint density at radius 1 is 1.41 bits per heavy atom. The lowest BCUT2D eigenvalue weighted by molar-refractivity contribution is 0.478. The molecule has 1 unspecified atom stereocenters. The summed E-state index contributed by atoms with van der Waals surface area (Å²) in [6.07, 6.45) is 2.40. The van der Waals surface area contributed by atoms with Crippen molar-refractivity contribution in [2.75, 3.05) is 5.75 Å². The first-order valence-electron chi connectivity index (χ1n) is 5.68. The molecule has 0 amide bonds. The van der Waals surface area contributed by atoms with Gasteiger partial charge in [0.1, 0.15) is 5.54 Å². The van der Waals surface area contributed by atoms with Crippen LogP contribution in [0.3, 0.4) is 0 Å². The van der Waals surface area contributed by atoms with Crippen molar-refractivity contribution in [3.8, 4) is 6.07 Å². The number of nitriles is 1. The maximum Gasteiger partial charge on any atom is 0.104 e. The van der Waals surface area contributed by atoms with Crippen LogP contribution in [0.25, 0.3) is 0 Å². The number of hydrogen-bond acceptors (Lipinski definition) is 3. The van der Waals surface area contributed by atoms with Crippen molar-refractivity contribution >= 4 is 23.4 Å². The summed E-state index contributed by atoms with van der Waals surface area (Å²) in [6, 6.07) is 9.97. The molecule has 1 atom stereocenters. The Hall–Kier alpha value is -0.690. The zero-order valence-corrected chi connectivity index (χ0v) is 11.5. The summed E-state index contributed by atoms with van der Waals surface area (Å²) in [4.78, 5) is 1.20. The molecule has 0 saturated heterocycles. The Labute approximate surface area is 112 Å². The van der Waals surface area contributed by atoms with Gasteiger partial charge in [-0.15, -0.1) is 11.8 Å². The van der Waals surface area contributed by atoms with Crippen molar-refractivity contribution in [3.63, 3.8) is 0 Å². The van der Waals surface area contributed by atoms with Crippen LogP contribution in [0.2, 0.25) is 5.02 Å². The fourth-order valence-corrected chi connectivity index (χ4v) is 2.40. The molecule has 0 aromatic heterocycles. The molecule has 1 aromatic rings. The van der Waals surface area contributed by atoms with Crippen LogP contribution in [-0.2, 0) is 0 Å². The van der Waals surface area contributed by atoms with E-state index in [1.165, 1.54) is 4.90 Å². The molecule has 0 aliphatic carbocycles. The third-order valence-electron chi connectivity index (χ3n) is 2.70. The highest BCUT2D eigenvalue weighted by Gasteiger charge is 2.20. The van der Waals surface area contributed by atoms with Gasteiger partial charge in [-0.2, -0.15) is 5.26 Å².